The van der Waals surface area contributed by atoms with Crippen LogP contribution in [0.15, 0.2) is 140 Å². The number of nitrogens with one attached hydrogen (secondary N) is 1. The van der Waals surface area contributed by atoms with E-state index in [1.165, 1.54) is 60.9 Å². The molecular formula is C40H32N2. The average molecular weight is 541 g/mol. The minimum Gasteiger partial charge on any atom is -0.354 e. The molecule has 0 saturated carbocycles. The number of anilines is 3. The third kappa shape index (κ3) is 3.65. The van der Waals surface area contributed by atoms with Gasteiger partial charge < -0.3 is 9.88 Å². The lowest BCUT2D eigenvalue weighted by Gasteiger charge is -2.29. The second-order valence-electron chi connectivity index (χ2n) is 11.6. The molecule has 0 aliphatic heterocycles. The van der Waals surface area contributed by atoms with Gasteiger partial charge in [-0.3, -0.25) is 0 Å². The number of para-hydroxylation sites is 4. The zero-order valence-corrected chi connectivity index (χ0v) is 23.9. The predicted molar refractivity (Wildman–Crippen MR) is 178 cm³/mol. The van der Waals surface area contributed by atoms with Crippen molar-refractivity contribution in [3.8, 4) is 22.3 Å². The van der Waals surface area contributed by atoms with E-state index in [-0.39, 0.29) is 5.41 Å². The van der Waals surface area contributed by atoms with E-state index in [1.54, 1.807) is 0 Å². The number of nitrogens with zero attached hydrogens (tertiary/aromatic N) is 1. The summed E-state index contributed by atoms with van der Waals surface area (Å²) in [6, 6.07) is 50.7. The van der Waals surface area contributed by atoms with Crippen LogP contribution in [0.5, 0.6) is 0 Å². The van der Waals surface area contributed by atoms with Crippen LogP contribution < -0.4 is 4.90 Å². The van der Waals surface area contributed by atoms with Gasteiger partial charge in [-0.05, 0) is 82.8 Å². The molecule has 1 N–H and O–H groups in total. The number of H-pyrrole nitrogens is 1. The van der Waals surface area contributed by atoms with Crippen molar-refractivity contribution in [2.24, 2.45) is 0 Å². The van der Waals surface area contributed by atoms with Gasteiger partial charge in [0.25, 0.3) is 0 Å². The van der Waals surface area contributed by atoms with Crippen molar-refractivity contribution in [1.29, 1.82) is 0 Å². The number of aromatic nitrogens is 1. The molecule has 1 atom stereocenters. The summed E-state index contributed by atoms with van der Waals surface area (Å²) in [6.45, 7) is 4.74. The van der Waals surface area contributed by atoms with Crippen LogP contribution in [-0.4, -0.2) is 4.98 Å². The molecule has 2 heteroatoms. The highest BCUT2D eigenvalue weighted by molar-refractivity contribution is 6.12. The van der Waals surface area contributed by atoms with Crippen LogP contribution in [-0.2, 0) is 5.41 Å². The summed E-state index contributed by atoms with van der Waals surface area (Å²) < 4.78 is 0. The van der Waals surface area contributed by atoms with Crippen molar-refractivity contribution < 1.29 is 0 Å². The van der Waals surface area contributed by atoms with Crippen LogP contribution >= 0.6 is 0 Å². The monoisotopic (exact) mass is 540 g/mol. The Kier molecular flexibility index (Phi) is 5.58. The molecule has 1 heterocycles. The highest BCUT2D eigenvalue weighted by Crippen LogP contribution is 2.53. The third-order valence-corrected chi connectivity index (χ3v) is 9.35. The van der Waals surface area contributed by atoms with E-state index in [0.717, 1.165) is 17.8 Å². The van der Waals surface area contributed by atoms with Crippen molar-refractivity contribution in [3.63, 3.8) is 0 Å². The molecule has 202 valence electrons. The fourth-order valence-electron chi connectivity index (χ4n) is 7.01. The third-order valence-electron chi connectivity index (χ3n) is 9.35. The van der Waals surface area contributed by atoms with Gasteiger partial charge in [0.15, 0.2) is 0 Å². The Morgan fingerprint density at radius 2 is 1.17 bits per heavy atom. The Morgan fingerprint density at radius 3 is 1.88 bits per heavy atom. The zero-order chi connectivity index (χ0) is 28.3. The van der Waals surface area contributed by atoms with E-state index in [0.29, 0.717) is 0 Å². The van der Waals surface area contributed by atoms with Gasteiger partial charge in [0.05, 0.1) is 5.52 Å². The smallest absolute Gasteiger partial charge is 0.0544 e. The molecule has 0 saturated heterocycles. The van der Waals surface area contributed by atoms with Crippen LogP contribution in [0.1, 0.15) is 31.4 Å². The highest BCUT2D eigenvalue weighted by atomic mass is 15.1. The number of fused-ring (bicyclic) bond motifs is 6. The van der Waals surface area contributed by atoms with Gasteiger partial charge in [0.2, 0.25) is 0 Å². The lowest BCUT2D eigenvalue weighted by molar-refractivity contribution is 0.565. The summed E-state index contributed by atoms with van der Waals surface area (Å²) in [7, 11) is 0. The number of aromatic amines is 1. The van der Waals surface area contributed by atoms with Gasteiger partial charge in [-0.1, -0.05) is 105 Å². The van der Waals surface area contributed by atoms with Crippen molar-refractivity contribution >= 4 is 38.9 Å². The maximum atomic E-state index is 3.71. The Labute approximate surface area is 246 Å². The highest BCUT2D eigenvalue weighted by Gasteiger charge is 2.38. The summed E-state index contributed by atoms with van der Waals surface area (Å²) in [6.07, 6.45) is 1.02. The maximum Gasteiger partial charge on any atom is 0.0544 e. The predicted octanol–water partition coefficient (Wildman–Crippen LogP) is 11.2. The molecule has 0 spiro atoms. The largest absolute Gasteiger partial charge is 0.354 e. The van der Waals surface area contributed by atoms with Gasteiger partial charge in [-0.2, -0.15) is 0 Å². The maximum absolute atomic E-state index is 3.71. The van der Waals surface area contributed by atoms with E-state index in [9.17, 15) is 0 Å². The van der Waals surface area contributed by atoms with Crippen molar-refractivity contribution in [1.82, 2.24) is 4.98 Å². The van der Waals surface area contributed by atoms with Gasteiger partial charge in [-0.25, -0.2) is 0 Å². The topological polar surface area (TPSA) is 19.0 Å². The Hall–Kier alpha value is -5.08. The SMILES string of the molecule is CCC1(C)c2cc(-c3cccc4c3[nH]c3ccccc34)ccc2-c2ccc(N(c3ccccc3)c3ccccc3)cc21. The van der Waals surface area contributed by atoms with Gasteiger partial charge in [0, 0.05) is 44.3 Å². The molecule has 1 aliphatic rings. The van der Waals surface area contributed by atoms with Crippen LogP contribution in [0.4, 0.5) is 17.1 Å². The number of hydrogen-bond acceptors (Lipinski definition) is 1. The molecule has 7 aromatic rings. The average Bonchev–Trinajstić information content (AvgIpc) is 3.55. The fraction of sp³-hybridized carbons (Fsp3) is 0.100. The van der Waals surface area contributed by atoms with Crippen LogP contribution in [0, 0.1) is 0 Å². The Balaban J connectivity index is 1.27. The number of rotatable bonds is 5. The number of benzene rings is 6. The molecule has 1 aromatic heterocycles. The Bertz CT molecular complexity index is 2050. The molecule has 6 aromatic carbocycles. The van der Waals surface area contributed by atoms with Gasteiger partial charge >= 0.3 is 0 Å². The normalized spacial score (nSPS) is 15.6. The zero-order valence-electron chi connectivity index (χ0n) is 23.9. The van der Waals surface area contributed by atoms with Crippen LogP contribution in [0.3, 0.4) is 0 Å². The van der Waals surface area contributed by atoms with Crippen LogP contribution in [0.25, 0.3) is 44.1 Å². The van der Waals surface area contributed by atoms with E-state index >= 15 is 0 Å². The lowest BCUT2D eigenvalue weighted by atomic mass is 9.77. The quantitative estimate of drug-likeness (QED) is 0.230. The summed E-state index contributed by atoms with van der Waals surface area (Å²) in [5.74, 6) is 0. The summed E-state index contributed by atoms with van der Waals surface area (Å²) >= 11 is 0. The lowest BCUT2D eigenvalue weighted by Crippen LogP contribution is -2.20. The van der Waals surface area contributed by atoms with Gasteiger partial charge in [0.1, 0.15) is 0 Å². The summed E-state index contributed by atoms with van der Waals surface area (Å²) in [5.41, 5.74) is 13.8. The molecule has 0 amide bonds. The van der Waals surface area contributed by atoms with Crippen LogP contribution in [0.2, 0.25) is 0 Å². The standard InChI is InChI=1S/C40H32N2/c1-3-40(2)36-25-27(31-18-12-19-35-34-17-10-11-20-38(34)41-39(31)35)21-23-32(36)33-24-22-30(26-37(33)40)42(28-13-6-4-7-14-28)29-15-8-5-9-16-29/h4-26,41H,3H2,1-2H3. The number of hydrogen-bond donors (Lipinski definition) is 1. The fourth-order valence-corrected chi connectivity index (χ4v) is 7.01. The van der Waals surface area contributed by atoms with Crippen molar-refractivity contribution in [3.05, 3.63) is 151 Å². The van der Waals surface area contributed by atoms with E-state index in [4.69, 9.17) is 0 Å². The molecule has 8 rings (SSSR count). The summed E-state index contributed by atoms with van der Waals surface area (Å²) in [4.78, 5) is 6.07. The second kappa shape index (κ2) is 9.49. The first kappa shape index (κ1) is 24.7. The van der Waals surface area contributed by atoms with E-state index in [1.807, 2.05) is 0 Å². The molecule has 0 radical (unpaired) electrons. The first-order chi connectivity index (χ1) is 20.7. The minimum absolute atomic E-state index is 0.0932. The van der Waals surface area contributed by atoms with Crippen molar-refractivity contribution in [2.45, 2.75) is 25.7 Å². The first-order valence-corrected chi connectivity index (χ1v) is 14.9. The second-order valence-corrected chi connectivity index (χ2v) is 11.6. The minimum atomic E-state index is -0.0932. The molecule has 0 bridgehead atoms. The Morgan fingerprint density at radius 1 is 0.548 bits per heavy atom. The van der Waals surface area contributed by atoms with E-state index in [2.05, 4.69) is 163 Å². The molecule has 0 fully saturated rings. The van der Waals surface area contributed by atoms with E-state index < -0.39 is 0 Å². The van der Waals surface area contributed by atoms with Gasteiger partial charge in [-0.15, -0.1) is 0 Å². The molecular weight excluding hydrogens is 508 g/mol. The molecule has 1 unspecified atom stereocenters. The first-order valence-electron chi connectivity index (χ1n) is 14.9. The molecule has 1 aliphatic carbocycles. The summed E-state index contributed by atoms with van der Waals surface area (Å²) in [5, 5.41) is 2.55. The molecule has 2 nitrogen and oxygen atoms in total. The molecule has 42 heavy (non-hydrogen) atoms. The van der Waals surface area contributed by atoms with Crippen molar-refractivity contribution in [2.75, 3.05) is 4.90 Å².